The molecule has 126 valence electrons. The monoisotopic (exact) mass is 336 g/mol. The molecule has 0 aliphatic carbocycles. The molecule has 1 N–H and O–H groups in total. The van der Waals surface area contributed by atoms with Crippen LogP contribution in [0.25, 0.3) is 0 Å². The fourth-order valence-electron chi connectivity index (χ4n) is 2.15. The van der Waals surface area contributed by atoms with E-state index in [1.807, 2.05) is 24.3 Å². The van der Waals surface area contributed by atoms with Crippen LogP contribution in [0.1, 0.15) is 21.5 Å². The molecule has 0 unspecified atom stereocenters. The van der Waals surface area contributed by atoms with Crippen LogP contribution in [0.15, 0.2) is 67.3 Å². The van der Waals surface area contributed by atoms with Gasteiger partial charge in [0.05, 0.1) is 5.56 Å². The molecule has 3 aromatic rings. The first-order chi connectivity index (χ1) is 12.2. The van der Waals surface area contributed by atoms with Crippen molar-refractivity contribution in [3.63, 3.8) is 0 Å². The summed E-state index contributed by atoms with van der Waals surface area (Å²) >= 11 is 0. The van der Waals surface area contributed by atoms with Crippen LogP contribution in [0, 0.1) is 0 Å². The number of carboxylic acid groups (broad SMARTS) is 1. The standard InChI is InChI=1S/C19H16N2O4/c22-19(23)16-1-2-17(24-12-14-3-7-20-8-4-14)18(11-16)25-13-15-5-9-21-10-6-15/h1-11H,12-13H2,(H,22,23). The van der Waals surface area contributed by atoms with Crippen molar-refractivity contribution in [3.8, 4) is 11.5 Å². The number of nitrogens with zero attached hydrogens (tertiary/aromatic N) is 2. The Labute approximate surface area is 144 Å². The first-order valence-electron chi connectivity index (χ1n) is 7.63. The van der Waals surface area contributed by atoms with Gasteiger partial charge in [0, 0.05) is 24.8 Å². The highest BCUT2D eigenvalue weighted by Crippen LogP contribution is 2.30. The summed E-state index contributed by atoms with van der Waals surface area (Å²) in [5.41, 5.74) is 2.02. The Hall–Kier alpha value is -3.41. The second-order valence-corrected chi connectivity index (χ2v) is 5.25. The minimum atomic E-state index is -1.02. The van der Waals surface area contributed by atoms with Crippen LogP contribution in [0.4, 0.5) is 0 Å². The average Bonchev–Trinajstić information content (AvgIpc) is 2.66. The highest BCUT2D eigenvalue weighted by atomic mass is 16.5. The molecule has 0 aliphatic heterocycles. The number of aromatic nitrogens is 2. The van der Waals surface area contributed by atoms with E-state index in [0.717, 1.165) is 11.1 Å². The molecule has 6 heteroatoms. The molecule has 0 fully saturated rings. The van der Waals surface area contributed by atoms with E-state index in [2.05, 4.69) is 9.97 Å². The van der Waals surface area contributed by atoms with Gasteiger partial charge >= 0.3 is 5.97 Å². The molecule has 3 rings (SSSR count). The van der Waals surface area contributed by atoms with Gasteiger partial charge in [-0.2, -0.15) is 0 Å². The largest absolute Gasteiger partial charge is 0.485 e. The molecule has 0 atom stereocenters. The van der Waals surface area contributed by atoms with Crippen molar-refractivity contribution in [2.24, 2.45) is 0 Å². The van der Waals surface area contributed by atoms with E-state index >= 15 is 0 Å². The number of ether oxygens (including phenoxy) is 2. The molecule has 2 heterocycles. The van der Waals surface area contributed by atoms with Crippen molar-refractivity contribution in [2.45, 2.75) is 13.2 Å². The molecule has 0 saturated heterocycles. The van der Waals surface area contributed by atoms with Crippen LogP contribution in [0.2, 0.25) is 0 Å². The van der Waals surface area contributed by atoms with Gasteiger partial charge in [0.1, 0.15) is 13.2 Å². The molecule has 0 bridgehead atoms. The summed E-state index contributed by atoms with van der Waals surface area (Å²) in [6.07, 6.45) is 6.72. The van der Waals surface area contributed by atoms with Gasteiger partial charge in [-0.05, 0) is 53.6 Å². The first-order valence-corrected chi connectivity index (χ1v) is 7.63. The Morgan fingerprint density at radius 3 is 1.84 bits per heavy atom. The maximum absolute atomic E-state index is 11.2. The summed E-state index contributed by atoms with van der Waals surface area (Å²) in [6.45, 7) is 0.623. The molecule has 0 saturated carbocycles. The second-order valence-electron chi connectivity index (χ2n) is 5.25. The first kappa shape index (κ1) is 16.4. The minimum Gasteiger partial charge on any atom is -0.485 e. The maximum Gasteiger partial charge on any atom is 0.335 e. The molecular formula is C19H16N2O4. The third kappa shape index (κ3) is 4.54. The number of pyridine rings is 2. The zero-order valence-corrected chi connectivity index (χ0v) is 13.3. The summed E-state index contributed by atoms with van der Waals surface area (Å²) in [6, 6.07) is 11.9. The third-order valence-electron chi connectivity index (χ3n) is 3.48. The smallest absolute Gasteiger partial charge is 0.335 e. The Morgan fingerprint density at radius 1 is 0.800 bits per heavy atom. The molecular weight excluding hydrogens is 320 g/mol. The zero-order valence-electron chi connectivity index (χ0n) is 13.3. The van der Waals surface area contributed by atoms with Gasteiger partial charge in [-0.1, -0.05) is 0 Å². The van der Waals surface area contributed by atoms with Crippen LogP contribution in [-0.4, -0.2) is 21.0 Å². The van der Waals surface area contributed by atoms with Crippen molar-refractivity contribution in [3.05, 3.63) is 83.9 Å². The quantitative estimate of drug-likeness (QED) is 0.713. The van der Waals surface area contributed by atoms with Crippen molar-refractivity contribution < 1.29 is 19.4 Å². The average molecular weight is 336 g/mol. The summed E-state index contributed by atoms with van der Waals surface area (Å²) in [5, 5.41) is 9.18. The lowest BCUT2D eigenvalue weighted by molar-refractivity contribution is 0.0696. The number of carboxylic acids is 1. The fraction of sp³-hybridized carbons (Fsp3) is 0.105. The normalized spacial score (nSPS) is 10.2. The number of hydrogen-bond donors (Lipinski definition) is 1. The van der Waals surface area contributed by atoms with E-state index in [4.69, 9.17) is 9.47 Å². The van der Waals surface area contributed by atoms with E-state index in [0.29, 0.717) is 18.1 Å². The van der Waals surface area contributed by atoms with Crippen molar-refractivity contribution in [1.29, 1.82) is 0 Å². The SMILES string of the molecule is O=C(O)c1ccc(OCc2ccncc2)c(OCc2ccncc2)c1. The molecule has 25 heavy (non-hydrogen) atoms. The van der Waals surface area contributed by atoms with Crippen LogP contribution < -0.4 is 9.47 Å². The lowest BCUT2D eigenvalue weighted by atomic mass is 10.2. The number of aromatic carboxylic acids is 1. The van der Waals surface area contributed by atoms with Gasteiger partial charge in [0.25, 0.3) is 0 Å². The molecule has 0 radical (unpaired) electrons. The van der Waals surface area contributed by atoms with Crippen molar-refractivity contribution in [2.75, 3.05) is 0 Å². The minimum absolute atomic E-state index is 0.140. The molecule has 0 aliphatic rings. The lowest BCUT2D eigenvalue weighted by Crippen LogP contribution is -2.03. The fourth-order valence-corrected chi connectivity index (χ4v) is 2.15. The molecule has 0 amide bonds. The van der Waals surface area contributed by atoms with Gasteiger partial charge in [-0.25, -0.2) is 4.79 Å². The van der Waals surface area contributed by atoms with E-state index < -0.39 is 5.97 Å². The summed E-state index contributed by atoms with van der Waals surface area (Å²) in [7, 11) is 0. The Balaban J connectivity index is 1.77. The summed E-state index contributed by atoms with van der Waals surface area (Å²) in [5.74, 6) is -0.156. The van der Waals surface area contributed by atoms with Gasteiger partial charge in [-0.3, -0.25) is 9.97 Å². The Kier molecular flexibility index (Phi) is 5.21. The van der Waals surface area contributed by atoms with E-state index in [-0.39, 0.29) is 12.2 Å². The third-order valence-corrected chi connectivity index (χ3v) is 3.48. The maximum atomic E-state index is 11.2. The summed E-state index contributed by atoms with van der Waals surface area (Å²) < 4.78 is 11.6. The highest BCUT2D eigenvalue weighted by Gasteiger charge is 2.11. The molecule has 2 aromatic heterocycles. The van der Waals surface area contributed by atoms with Crippen LogP contribution in [0.5, 0.6) is 11.5 Å². The topological polar surface area (TPSA) is 81.5 Å². The highest BCUT2D eigenvalue weighted by molar-refractivity contribution is 5.88. The van der Waals surface area contributed by atoms with Gasteiger partial charge in [0.2, 0.25) is 0 Å². The van der Waals surface area contributed by atoms with Crippen molar-refractivity contribution in [1.82, 2.24) is 9.97 Å². The van der Waals surface area contributed by atoms with Gasteiger partial charge < -0.3 is 14.6 Å². The molecule has 6 nitrogen and oxygen atoms in total. The Morgan fingerprint density at radius 2 is 1.32 bits per heavy atom. The second kappa shape index (κ2) is 7.92. The van der Waals surface area contributed by atoms with Crippen molar-refractivity contribution >= 4 is 5.97 Å². The molecule has 0 spiro atoms. The predicted molar refractivity (Wildman–Crippen MR) is 90.5 cm³/mol. The number of benzene rings is 1. The Bertz CT molecular complexity index is 839. The predicted octanol–water partition coefficient (Wildman–Crippen LogP) is 3.33. The lowest BCUT2D eigenvalue weighted by Gasteiger charge is -2.13. The zero-order chi connectivity index (χ0) is 17.5. The van der Waals surface area contributed by atoms with E-state index in [1.165, 1.54) is 12.1 Å². The van der Waals surface area contributed by atoms with Gasteiger partial charge in [0.15, 0.2) is 11.5 Å². The molecule has 1 aromatic carbocycles. The number of rotatable bonds is 7. The number of hydrogen-bond acceptors (Lipinski definition) is 5. The summed E-state index contributed by atoms with van der Waals surface area (Å²) in [4.78, 5) is 19.1. The van der Waals surface area contributed by atoms with E-state index in [9.17, 15) is 9.90 Å². The van der Waals surface area contributed by atoms with Gasteiger partial charge in [-0.15, -0.1) is 0 Å². The number of carbonyl (C=O) groups is 1. The van der Waals surface area contributed by atoms with Crippen LogP contribution in [0.3, 0.4) is 0 Å². The van der Waals surface area contributed by atoms with Crippen LogP contribution >= 0.6 is 0 Å². The van der Waals surface area contributed by atoms with Crippen LogP contribution in [-0.2, 0) is 13.2 Å². The van der Waals surface area contributed by atoms with E-state index in [1.54, 1.807) is 30.9 Å².